The van der Waals surface area contributed by atoms with E-state index >= 15 is 0 Å². The van der Waals surface area contributed by atoms with Crippen LogP contribution in [0.2, 0.25) is 5.02 Å². The second-order valence-corrected chi connectivity index (χ2v) is 4.70. The van der Waals surface area contributed by atoms with Crippen LogP contribution in [-0.2, 0) is 6.54 Å². The third kappa shape index (κ3) is 2.48. The van der Waals surface area contributed by atoms with Gasteiger partial charge in [-0.15, -0.1) is 5.10 Å². The lowest BCUT2D eigenvalue weighted by molar-refractivity contribution is 0.789. The zero-order valence-electron chi connectivity index (χ0n) is 10.7. The summed E-state index contributed by atoms with van der Waals surface area (Å²) in [6, 6.07) is 5.56. The molecule has 8 heteroatoms. The Balaban J connectivity index is 1.82. The van der Waals surface area contributed by atoms with Crippen LogP contribution in [0.25, 0.3) is 5.69 Å². The molecule has 0 spiro atoms. The first-order chi connectivity index (χ1) is 9.74. The SMILES string of the molecule is Cc1[nH]ncc1CNc1cc(-n2cnnn2)ccc1Cl. The highest BCUT2D eigenvalue weighted by Gasteiger charge is 2.06. The number of hydrogen-bond acceptors (Lipinski definition) is 5. The summed E-state index contributed by atoms with van der Waals surface area (Å²) >= 11 is 6.19. The molecule has 0 unspecified atom stereocenters. The highest BCUT2D eigenvalue weighted by molar-refractivity contribution is 6.33. The third-order valence-corrected chi connectivity index (χ3v) is 3.30. The van der Waals surface area contributed by atoms with E-state index in [2.05, 4.69) is 31.0 Å². The van der Waals surface area contributed by atoms with E-state index in [0.717, 1.165) is 22.6 Å². The molecule has 2 aromatic heterocycles. The normalized spacial score (nSPS) is 10.7. The van der Waals surface area contributed by atoms with Crippen molar-refractivity contribution in [2.45, 2.75) is 13.5 Å². The zero-order chi connectivity index (χ0) is 13.9. The lowest BCUT2D eigenvalue weighted by Crippen LogP contribution is -2.02. The standard InChI is InChI=1S/C12H12ClN7/c1-8-9(6-15-17-8)5-14-12-4-10(2-3-11(12)13)20-7-16-18-19-20/h2-4,6-7,14H,5H2,1H3,(H,15,17). The molecule has 3 aromatic rings. The van der Waals surface area contributed by atoms with Crippen molar-refractivity contribution in [1.82, 2.24) is 30.4 Å². The maximum Gasteiger partial charge on any atom is 0.143 e. The molecule has 0 aliphatic rings. The monoisotopic (exact) mass is 289 g/mol. The van der Waals surface area contributed by atoms with Crippen molar-refractivity contribution in [3.63, 3.8) is 0 Å². The smallest absolute Gasteiger partial charge is 0.143 e. The summed E-state index contributed by atoms with van der Waals surface area (Å²) in [4.78, 5) is 0. The van der Waals surface area contributed by atoms with Crippen LogP contribution in [0.1, 0.15) is 11.3 Å². The van der Waals surface area contributed by atoms with Gasteiger partial charge in [0.05, 0.1) is 22.6 Å². The minimum Gasteiger partial charge on any atom is -0.380 e. The quantitative estimate of drug-likeness (QED) is 0.767. The molecule has 0 saturated carbocycles. The van der Waals surface area contributed by atoms with E-state index in [4.69, 9.17) is 11.6 Å². The van der Waals surface area contributed by atoms with E-state index in [1.54, 1.807) is 10.9 Å². The highest BCUT2D eigenvalue weighted by atomic mass is 35.5. The number of halogens is 1. The molecule has 2 heterocycles. The van der Waals surface area contributed by atoms with Gasteiger partial charge in [0.25, 0.3) is 0 Å². The highest BCUT2D eigenvalue weighted by Crippen LogP contribution is 2.25. The Kier molecular flexibility index (Phi) is 3.34. The molecule has 0 aliphatic carbocycles. The van der Waals surface area contributed by atoms with Crippen LogP contribution in [0.4, 0.5) is 5.69 Å². The first-order valence-electron chi connectivity index (χ1n) is 5.99. The summed E-state index contributed by atoms with van der Waals surface area (Å²) in [6.45, 7) is 2.62. The van der Waals surface area contributed by atoms with E-state index in [9.17, 15) is 0 Å². The molecule has 102 valence electrons. The number of nitrogens with one attached hydrogen (secondary N) is 2. The predicted octanol–water partition coefficient (Wildman–Crippen LogP) is 1.96. The molecular formula is C12H12ClN7. The number of rotatable bonds is 4. The molecule has 7 nitrogen and oxygen atoms in total. The molecule has 2 N–H and O–H groups in total. The Labute approximate surface area is 120 Å². The number of anilines is 1. The van der Waals surface area contributed by atoms with Crippen LogP contribution < -0.4 is 5.32 Å². The second kappa shape index (κ2) is 5.30. The second-order valence-electron chi connectivity index (χ2n) is 4.29. The molecule has 0 bridgehead atoms. The maximum absolute atomic E-state index is 6.19. The van der Waals surface area contributed by atoms with Crippen LogP contribution in [0.15, 0.2) is 30.7 Å². The molecule has 0 fully saturated rings. The van der Waals surface area contributed by atoms with Gasteiger partial charge in [0, 0.05) is 17.8 Å². The number of tetrazole rings is 1. The fourth-order valence-electron chi connectivity index (χ4n) is 1.82. The fourth-order valence-corrected chi connectivity index (χ4v) is 2.00. The average Bonchev–Trinajstić information content (AvgIpc) is 3.10. The van der Waals surface area contributed by atoms with Gasteiger partial charge in [0.15, 0.2) is 0 Å². The van der Waals surface area contributed by atoms with Gasteiger partial charge in [-0.2, -0.15) is 5.10 Å². The average molecular weight is 290 g/mol. The van der Waals surface area contributed by atoms with Crippen LogP contribution in [0.5, 0.6) is 0 Å². The number of H-pyrrole nitrogens is 1. The van der Waals surface area contributed by atoms with Crippen molar-refractivity contribution in [2.75, 3.05) is 5.32 Å². The Bertz CT molecular complexity index is 704. The molecule has 20 heavy (non-hydrogen) atoms. The summed E-state index contributed by atoms with van der Waals surface area (Å²) in [5.41, 5.74) is 3.78. The van der Waals surface area contributed by atoms with Crippen molar-refractivity contribution in [2.24, 2.45) is 0 Å². The number of aryl methyl sites for hydroxylation is 1. The molecule has 0 aliphatic heterocycles. The predicted molar refractivity (Wildman–Crippen MR) is 74.8 cm³/mol. The molecule has 1 aromatic carbocycles. The molecule has 0 atom stereocenters. The summed E-state index contributed by atoms with van der Waals surface area (Å²) in [5, 5.41) is 21.9. The summed E-state index contributed by atoms with van der Waals surface area (Å²) in [5.74, 6) is 0. The van der Waals surface area contributed by atoms with Gasteiger partial charge < -0.3 is 5.32 Å². The van der Waals surface area contributed by atoms with Gasteiger partial charge in [-0.05, 0) is 35.5 Å². The van der Waals surface area contributed by atoms with Crippen LogP contribution in [-0.4, -0.2) is 30.4 Å². The number of aromatic nitrogens is 6. The molecule has 0 amide bonds. The Morgan fingerprint density at radius 1 is 1.40 bits per heavy atom. The van der Waals surface area contributed by atoms with Gasteiger partial charge in [-0.25, -0.2) is 4.68 Å². The Hall–Kier alpha value is -2.41. The Morgan fingerprint density at radius 3 is 3.00 bits per heavy atom. The summed E-state index contributed by atoms with van der Waals surface area (Å²) < 4.78 is 1.57. The van der Waals surface area contributed by atoms with Gasteiger partial charge in [-0.1, -0.05) is 11.6 Å². The molecule has 0 radical (unpaired) electrons. The Morgan fingerprint density at radius 2 is 2.30 bits per heavy atom. The van der Waals surface area contributed by atoms with E-state index in [-0.39, 0.29) is 0 Å². The largest absolute Gasteiger partial charge is 0.380 e. The summed E-state index contributed by atoms with van der Waals surface area (Å²) in [6.07, 6.45) is 3.33. The van der Waals surface area contributed by atoms with Crippen molar-refractivity contribution in [3.05, 3.63) is 47.0 Å². The van der Waals surface area contributed by atoms with Gasteiger partial charge in [-0.3, -0.25) is 5.10 Å². The van der Waals surface area contributed by atoms with Crippen molar-refractivity contribution < 1.29 is 0 Å². The maximum atomic E-state index is 6.19. The van der Waals surface area contributed by atoms with Crippen LogP contribution in [0, 0.1) is 6.92 Å². The fraction of sp³-hybridized carbons (Fsp3) is 0.167. The van der Waals surface area contributed by atoms with E-state index < -0.39 is 0 Å². The van der Waals surface area contributed by atoms with Crippen molar-refractivity contribution in [3.8, 4) is 5.69 Å². The zero-order valence-corrected chi connectivity index (χ0v) is 11.5. The molecule has 0 saturated heterocycles. The van der Waals surface area contributed by atoms with E-state index in [1.807, 2.05) is 25.1 Å². The van der Waals surface area contributed by atoms with Gasteiger partial charge in [0.2, 0.25) is 0 Å². The van der Waals surface area contributed by atoms with E-state index in [1.165, 1.54) is 6.33 Å². The number of aromatic amines is 1. The number of nitrogens with zero attached hydrogens (tertiary/aromatic N) is 5. The first kappa shape index (κ1) is 12.6. The topological polar surface area (TPSA) is 84.3 Å². The van der Waals surface area contributed by atoms with Gasteiger partial charge >= 0.3 is 0 Å². The van der Waals surface area contributed by atoms with Gasteiger partial charge in [0.1, 0.15) is 6.33 Å². The van der Waals surface area contributed by atoms with Crippen LogP contribution in [0.3, 0.4) is 0 Å². The lowest BCUT2D eigenvalue weighted by atomic mass is 10.2. The van der Waals surface area contributed by atoms with Crippen molar-refractivity contribution in [1.29, 1.82) is 0 Å². The number of hydrogen-bond donors (Lipinski definition) is 2. The van der Waals surface area contributed by atoms with Crippen LogP contribution >= 0.6 is 11.6 Å². The first-order valence-corrected chi connectivity index (χ1v) is 6.37. The lowest BCUT2D eigenvalue weighted by Gasteiger charge is -2.09. The summed E-state index contributed by atoms with van der Waals surface area (Å²) in [7, 11) is 0. The molecular weight excluding hydrogens is 278 g/mol. The number of benzene rings is 1. The minimum atomic E-state index is 0.640. The minimum absolute atomic E-state index is 0.640. The van der Waals surface area contributed by atoms with E-state index in [0.29, 0.717) is 11.6 Å². The van der Waals surface area contributed by atoms with Crippen molar-refractivity contribution >= 4 is 17.3 Å². The molecule has 3 rings (SSSR count). The third-order valence-electron chi connectivity index (χ3n) is 2.97.